The molecule has 3 N–H and O–H groups in total. The van der Waals surface area contributed by atoms with Crippen LogP contribution in [0.4, 0.5) is 10.7 Å². The Morgan fingerprint density at radius 1 is 1.09 bits per heavy atom. The van der Waals surface area contributed by atoms with Crippen LogP contribution in [-0.2, 0) is 11.3 Å². The van der Waals surface area contributed by atoms with E-state index in [1.54, 1.807) is 42.7 Å². The van der Waals surface area contributed by atoms with E-state index in [2.05, 4.69) is 15.0 Å². The first-order valence-electron chi connectivity index (χ1n) is 10.2. The minimum atomic E-state index is -0.758. The molecule has 2 aromatic heterocycles. The number of hydrogen-bond acceptors (Lipinski definition) is 8. The van der Waals surface area contributed by atoms with Gasteiger partial charge in [0.25, 0.3) is 0 Å². The Bertz CT molecular complexity index is 1120. The summed E-state index contributed by atoms with van der Waals surface area (Å²) in [5, 5.41) is 10.6. The van der Waals surface area contributed by atoms with Gasteiger partial charge in [0, 0.05) is 47.6 Å². The third-order valence-corrected chi connectivity index (χ3v) is 5.48. The molecule has 0 bridgehead atoms. The van der Waals surface area contributed by atoms with E-state index < -0.39 is 6.09 Å². The fourth-order valence-electron chi connectivity index (χ4n) is 3.54. The average Bonchev–Trinajstić information content (AvgIpc) is 2.79. The number of halogens is 2. The number of carbonyl (C=O) groups is 1. The van der Waals surface area contributed by atoms with Crippen LogP contribution in [-0.4, -0.2) is 45.3 Å². The summed E-state index contributed by atoms with van der Waals surface area (Å²) in [6, 6.07) is 8.46. The van der Waals surface area contributed by atoms with Crippen molar-refractivity contribution in [1.82, 2.24) is 15.0 Å². The molecule has 4 rings (SSSR count). The predicted molar refractivity (Wildman–Crippen MR) is 124 cm³/mol. The van der Waals surface area contributed by atoms with Crippen LogP contribution >= 0.6 is 23.2 Å². The van der Waals surface area contributed by atoms with Gasteiger partial charge in [0.2, 0.25) is 11.8 Å². The molecule has 1 aliphatic rings. The third kappa shape index (κ3) is 6.01. The summed E-state index contributed by atoms with van der Waals surface area (Å²) in [5.74, 6) is 1.21. The largest absolute Gasteiger partial charge is 0.446 e. The van der Waals surface area contributed by atoms with Crippen molar-refractivity contribution < 1.29 is 19.4 Å². The molecule has 0 atom stereocenters. The molecule has 0 aliphatic carbocycles. The number of piperidine rings is 1. The molecule has 1 aromatic carbocycles. The molecular weight excluding hydrogens is 469 g/mol. The van der Waals surface area contributed by atoms with Crippen LogP contribution in [0.25, 0.3) is 11.3 Å². The van der Waals surface area contributed by atoms with Crippen molar-refractivity contribution in [1.29, 1.82) is 0 Å². The number of pyridine rings is 1. The molecule has 9 nitrogen and oxygen atoms in total. The molecule has 3 aromatic rings. The molecule has 0 radical (unpaired) electrons. The Kier molecular flexibility index (Phi) is 7.12. The second-order valence-corrected chi connectivity index (χ2v) is 8.33. The maximum atomic E-state index is 10.9. The number of benzene rings is 1. The highest BCUT2D eigenvalue weighted by molar-refractivity contribution is 6.35. The molecule has 1 amide bonds. The number of aromatic nitrogens is 3. The molecule has 33 heavy (non-hydrogen) atoms. The van der Waals surface area contributed by atoms with Crippen LogP contribution in [0.5, 0.6) is 11.6 Å². The van der Waals surface area contributed by atoms with Gasteiger partial charge in [-0.3, -0.25) is 0 Å². The zero-order valence-corrected chi connectivity index (χ0v) is 19.0. The van der Waals surface area contributed by atoms with Crippen LogP contribution in [0.1, 0.15) is 18.4 Å². The lowest BCUT2D eigenvalue weighted by Gasteiger charge is -2.31. The predicted octanol–water partition coefficient (Wildman–Crippen LogP) is 4.19. The number of anilines is 1. The summed E-state index contributed by atoms with van der Waals surface area (Å²) in [6.07, 6.45) is 3.47. The van der Waals surface area contributed by atoms with E-state index in [4.69, 9.17) is 38.4 Å². The Labute approximate surface area is 200 Å². The second-order valence-electron chi connectivity index (χ2n) is 7.46. The monoisotopic (exact) mass is 489 g/mol. The number of nitrogens with zero attached hydrogens (tertiary/aromatic N) is 4. The topological polar surface area (TPSA) is 124 Å². The van der Waals surface area contributed by atoms with E-state index >= 15 is 0 Å². The highest BCUT2D eigenvalue weighted by Gasteiger charge is 2.23. The SMILES string of the molecule is NC(=O)OC1CCN(c2ncc(Oc3cc(CO)cc(-c4cc(Cl)cc(Cl)c4)n3)cn2)CC1. The minimum absolute atomic E-state index is 0.185. The number of nitrogens with two attached hydrogens (primary N) is 1. The molecule has 172 valence electrons. The lowest BCUT2D eigenvalue weighted by atomic mass is 10.1. The molecular formula is C22H21Cl2N5O4. The number of rotatable bonds is 6. The van der Waals surface area contributed by atoms with Gasteiger partial charge in [0.1, 0.15) is 6.10 Å². The van der Waals surface area contributed by atoms with Gasteiger partial charge < -0.3 is 25.2 Å². The Hall–Kier alpha value is -3.14. The van der Waals surface area contributed by atoms with Crippen LogP contribution in [0.15, 0.2) is 42.7 Å². The van der Waals surface area contributed by atoms with E-state index in [1.165, 1.54) is 0 Å². The molecule has 11 heteroatoms. The van der Waals surface area contributed by atoms with Crippen molar-refractivity contribution in [3.63, 3.8) is 0 Å². The number of aliphatic hydroxyl groups excluding tert-OH is 1. The van der Waals surface area contributed by atoms with Crippen LogP contribution in [0.2, 0.25) is 10.0 Å². The fourth-order valence-corrected chi connectivity index (χ4v) is 4.06. The number of hydrogen-bond donors (Lipinski definition) is 2. The van der Waals surface area contributed by atoms with E-state index in [0.29, 0.717) is 64.5 Å². The molecule has 0 spiro atoms. The highest BCUT2D eigenvalue weighted by Crippen LogP contribution is 2.30. The number of carbonyl (C=O) groups excluding carboxylic acids is 1. The molecule has 0 unspecified atom stereocenters. The quantitative estimate of drug-likeness (QED) is 0.527. The zero-order chi connectivity index (χ0) is 23.4. The first-order chi connectivity index (χ1) is 15.9. The van der Waals surface area contributed by atoms with Gasteiger partial charge in [-0.25, -0.2) is 19.7 Å². The maximum absolute atomic E-state index is 10.9. The standard InChI is InChI=1S/C22H21Cl2N5O4/c23-15-7-14(8-16(24)9-15)19-5-13(12-30)6-20(28-19)32-18-10-26-22(27-11-18)29-3-1-17(2-4-29)33-21(25)31/h5-11,17,30H,1-4,12H2,(H2,25,31). The summed E-state index contributed by atoms with van der Waals surface area (Å²) >= 11 is 12.2. The molecule has 0 saturated carbocycles. The van der Waals surface area contributed by atoms with Gasteiger partial charge >= 0.3 is 6.09 Å². The van der Waals surface area contributed by atoms with Crippen molar-refractivity contribution in [2.45, 2.75) is 25.6 Å². The summed E-state index contributed by atoms with van der Waals surface area (Å²) < 4.78 is 10.9. The number of aliphatic hydroxyl groups is 1. The first kappa shape index (κ1) is 23.0. The minimum Gasteiger partial charge on any atom is -0.446 e. The number of primary amides is 1. The van der Waals surface area contributed by atoms with Crippen molar-refractivity contribution >= 4 is 35.2 Å². The summed E-state index contributed by atoms with van der Waals surface area (Å²) in [4.78, 5) is 26.1. The van der Waals surface area contributed by atoms with Crippen molar-refractivity contribution in [2.24, 2.45) is 5.73 Å². The van der Waals surface area contributed by atoms with E-state index in [1.807, 2.05) is 4.90 Å². The van der Waals surface area contributed by atoms with Gasteiger partial charge in [0.15, 0.2) is 5.75 Å². The fraction of sp³-hybridized carbons (Fsp3) is 0.273. The van der Waals surface area contributed by atoms with Gasteiger partial charge in [-0.05, 0) is 29.8 Å². The molecule has 1 aliphatic heterocycles. The van der Waals surface area contributed by atoms with Crippen LogP contribution < -0.4 is 15.4 Å². The lowest BCUT2D eigenvalue weighted by molar-refractivity contribution is 0.0910. The molecule has 1 saturated heterocycles. The van der Waals surface area contributed by atoms with Crippen molar-refractivity contribution in [3.8, 4) is 22.9 Å². The third-order valence-electron chi connectivity index (χ3n) is 5.05. The van der Waals surface area contributed by atoms with Gasteiger partial charge in [-0.15, -0.1) is 0 Å². The maximum Gasteiger partial charge on any atom is 0.404 e. The average molecular weight is 490 g/mol. The Balaban J connectivity index is 1.47. The summed E-state index contributed by atoms with van der Waals surface area (Å²) in [6.45, 7) is 1.10. The Morgan fingerprint density at radius 2 is 1.76 bits per heavy atom. The Morgan fingerprint density at radius 3 is 2.36 bits per heavy atom. The molecule has 1 fully saturated rings. The van der Waals surface area contributed by atoms with Gasteiger partial charge in [-0.1, -0.05) is 23.2 Å². The van der Waals surface area contributed by atoms with Gasteiger partial charge in [0.05, 0.1) is 24.7 Å². The normalized spacial score (nSPS) is 14.2. The summed E-state index contributed by atoms with van der Waals surface area (Å²) in [7, 11) is 0. The van der Waals surface area contributed by atoms with Crippen LogP contribution in [0.3, 0.4) is 0 Å². The van der Waals surface area contributed by atoms with E-state index in [-0.39, 0.29) is 18.6 Å². The van der Waals surface area contributed by atoms with Crippen LogP contribution in [0, 0.1) is 0 Å². The number of ether oxygens (including phenoxy) is 2. The van der Waals surface area contributed by atoms with Crippen molar-refractivity contribution in [2.75, 3.05) is 18.0 Å². The summed E-state index contributed by atoms with van der Waals surface area (Å²) in [5.41, 5.74) is 6.95. The second kappa shape index (κ2) is 10.2. The lowest BCUT2D eigenvalue weighted by Crippen LogP contribution is -2.39. The van der Waals surface area contributed by atoms with E-state index in [9.17, 15) is 9.90 Å². The highest BCUT2D eigenvalue weighted by atomic mass is 35.5. The van der Waals surface area contributed by atoms with Crippen molar-refractivity contribution in [3.05, 3.63) is 58.3 Å². The first-order valence-corrected chi connectivity index (χ1v) is 10.9. The molecule has 3 heterocycles. The van der Waals surface area contributed by atoms with E-state index in [0.717, 1.165) is 0 Å². The number of amides is 1. The zero-order valence-electron chi connectivity index (χ0n) is 17.4. The smallest absolute Gasteiger partial charge is 0.404 e. The van der Waals surface area contributed by atoms with Gasteiger partial charge in [-0.2, -0.15) is 0 Å².